The molecule has 0 spiro atoms. The average molecular weight is 369 g/mol. The van der Waals surface area contributed by atoms with E-state index in [0.717, 1.165) is 9.58 Å². The maximum Gasteiger partial charge on any atom is 0.377 e. The topological polar surface area (TPSA) is 120 Å². The third-order valence-corrected chi connectivity index (χ3v) is 3.84. The van der Waals surface area contributed by atoms with Crippen molar-refractivity contribution in [1.29, 1.82) is 0 Å². The molecule has 3 rings (SSSR count). The SMILES string of the molecule is COc1ccc(C(=O)O)cc1N(C)C(=O)n1nnn(-c2ccccc2)c1=O. The van der Waals surface area contributed by atoms with Crippen molar-refractivity contribution in [1.82, 2.24) is 19.8 Å². The lowest BCUT2D eigenvalue weighted by Crippen LogP contribution is -2.39. The van der Waals surface area contributed by atoms with E-state index in [9.17, 15) is 14.4 Å². The molecule has 0 aliphatic carbocycles. The molecule has 1 N–H and O–H groups in total. The molecule has 0 radical (unpaired) electrons. The molecule has 0 saturated carbocycles. The van der Waals surface area contributed by atoms with Gasteiger partial charge in [-0.2, -0.15) is 4.68 Å². The first-order chi connectivity index (χ1) is 12.9. The number of carbonyl (C=O) groups excluding carboxylic acids is 1. The second-order valence-electron chi connectivity index (χ2n) is 5.45. The monoisotopic (exact) mass is 369 g/mol. The molecule has 138 valence electrons. The third-order valence-electron chi connectivity index (χ3n) is 3.84. The molecule has 0 aliphatic heterocycles. The highest BCUT2D eigenvalue weighted by molar-refractivity contribution is 5.96. The first-order valence-electron chi connectivity index (χ1n) is 7.74. The summed E-state index contributed by atoms with van der Waals surface area (Å²) in [6.45, 7) is 0. The zero-order valence-corrected chi connectivity index (χ0v) is 14.4. The van der Waals surface area contributed by atoms with Crippen molar-refractivity contribution in [2.24, 2.45) is 0 Å². The largest absolute Gasteiger partial charge is 0.495 e. The Morgan fingerprint density at radius 3 is 2.44 bits per heavy atom. The van der Waals surface area contributed by atoms with Gasteiger partial charge in [-0.1, -0.05) is 18.2 Å². The minimum absolute atomic E-state index is 0.0364. The predicted molar refractivity (Wildman–Crippen MR) is 94.8 cm³/mol. The highest BCUT2D eigenvalue weighted by Crippen LogP contribution is 2.29. The van der Waals surface area contributed by atoms with Gasteiger partial charge in [0, 0.05) is 7.05 Å². The number of carbonyl (C=O) groups is 2. The van der Waals surface area contributed by atoms with Crippen molar-refractivity contribution >= 4 is 17.7 Å². The number of ether oxygens (including phenoxy) is 1. The standard InChI is InChI=1S/C17H15N5O5/c1-20(13-10-11(15(23)24)8-9-14(13)27-2)16(25)22-17(26)21(18-19-22)12-6-4-3-5-7-12/h3-10H,1-2H3,(H,23,24). The van der Waals surface area contributed by atoms with E-state index in [-0.39, 0.29) is 17.0 Å². The number of para-hydroxylation sites is 1. The van der Waals surface area contributed by atoms with Gasteiger partial charge in [0.2, 0.25) is 0 Å². The first-order valence-corrected chi connectivity index (χ1v) is 7.74. The van der Waals surface area contributed by atoms with Crippen molar-refractivity contribution in [3.05, 3.63) is 64.6 Å². The number of carboxylic acids is 1. The Balaban J connectivity index is 2.00. The fraction of sp³-hybridized carbons (Fsp3) is 0.118. The van der Waals surface area contributed by atoms with Crippen LogP contribution in [0.4, 0.5) is 10.5 Å². The summed E-state index contributed by atoms with van der Waals surface area (Å²) in [5.41, 5.74) is -0.171. The summed E-state index contributed by atoms with van der Waals surface area (Å²) in [7, 11) is 2.76. The summed E-state index contributed by atoms with van der Waals surface area (Å²) < 4.78 is 6.74. The number of hydrogen-bond donors (Lipinski definition) is 1. The van der Waals surface area contributed by atoms with Crippen LogP contribution in [0.1, 0.15) is 10.4 Å². The molecular formula is C17H15N5O5. The fourth-order valence-electron chi connectivity index (χ4n) is 2.43. The highest BCUT2D eigenvalue weighted by atomic mass is 16.5. The lowest BCUT2D eigenvalue weighted by molar-refractivity contribution is 0.0697. The molecule has 0 saturated heterocycles. The van der Waals surface area contributed by atoms with Gasteiger partial charge in [-0.05, 0) is 40.8 Å². The number of hydrogen-bond acceptors (Lipinski definition) is 6. The fourth-order valence-corrected chi connectivity index (χ4v) is 2.43. The molecular weight excluding hydrogens is 354 g/mol. The Morgan fingerprint density at radius 2 is 1.81 bits per heavy atom. The number of methoxy groups -OCH3 is 1. The molecule has 0 aliphatic rings. The van der Waals surface area contributed by atoms with E-state index >= 15 is 0 Å². The van der Waals surface area contributed by atoms with E-state index in [2.05, 4.69) is 10.4 Å². The number of amides is 1. The number of anilines is 1. The van der Waals surface area contributed by atoms with E-state index in [1.165, 1.54) is 32.4 Å². The summed E-state index contributed by atoms with van der Waals surface area (Å²) in [5.74, 6) is -0.897. The quantitative estimate of drug-likeness (QED) is 0.687. The summed E-state index contributed by atoms with van der Waals surface area (Å²) in [6.07, 6.45) is 0. The van der Waals surface area contributed by atoms with Crippen LogP contribution < -0.4 is 15.3 Å². The lowest BCUT2D eigenvalue weighted by atomic mass is 10.2. The third kappa shape index (κ3) is 3.27. The molecule has 0 unspecified atom stereocenters. The van der Waals surface area contributed by atoms with Crippen molar-refractivity contribution < 1.29 is 19.4 Å². The smallest absolute Gasteiger partial charge is 0.377 e. The van der Waals surface area contributed by atoms with Crippen molar-refractivity contribution in [2.45, 2.75) is 0 Å². The van der Waals surface area contributed by atoms with Crippen LogP contribution in [0.25, 0.3) is 5.69 Å². The normalized spacial score (nSPS) is 10.4. The number of aromatic carboxylic acids is 1. The minimum Gasteiger partial charge on any atom is -0.495 e. The number of nitrogens with zero attached hydrogens (tertiary/aromatic N) is 5. The number of benzene rings is 2. The van der Waals surface area contributed by atoms with Gasteiger partial charge >= 0.3 is 17.7 Å². The lowest BCUT2D eigenvalue weighted by Gasteiger charge is -2.19. The van der Waals surface area contributed by atoms with Crippen molar-refractivity contribution in [2.75, 3.05) is 19.1 Å². The van der Waals surface area contributed by atoms with Gasteiger partial charge in [-0.25, -0.2) is 14.4 Å². The van der Waals surface area contributed by atoms with Crippen LogP contribution in [0.15, 0.2) is 53.3 Å². The number of carboxylic acid groups (broad SMARTS) is 1. The van der Waals surface area contributed by atoms with Crippen LogP contribution >= 0.6 is 0 Å². The minimum atomic E-state index is -1.16. The van der Waals surface area contributed by atoms with Crippen LogP contribution in [-0.4, -0.2) is 51.1 Å². The Kier molecular flexibility index (Phi) is 4.71. The molecule has 0 fully saturated rings. The van der Waals surface area contributed by atoms with Crippen LogP contribution in [0.3, 0.4) is 0 Å². The van der Waals surface area contributed by atoms with E-state index in [1.54, 1.807) is 30.3 Å². The first kappa shape index (κ1) is 17.9. The molecule has 10 heteroatoms. The molecule has 1 aromatic heterocycles. The maximum absolute atomic E-state index is 12.7. The summed E-state index contributed by atoms with van der Waals surface area (Å²) >= 11 is 0. The van der Waals surface area contributed by atoms with Crippen LogP contribution in [0, 0.1) is 0 Å². The van der Waals surface area contributed by atoms with E-state index < -0.39 is 17.7 Å². The van der Waals surface area contributed by atoms with Gasteiger partial charge < -0.3 is 9.84 Å². The van der Waals surface area contributed by atoms with Crippen LogP contribution in [0.5, 0.6) is 5.75 Å². The van der Waals surface area contributed by atoms with E-state index in [4.69, 9.17) is 9.84 Å². The Bertz CT molecular complexity index is 1060. The molecule has 0 atom stereocenters. The summed E-state index contributed by atoms with van der Waals surface area (Å²) in [6, 6.07) is 11.7. The Hall–Kier alpha value is -3.95. The number of tetrazole rings is 1. The number of rotatable bonds is 4. The van der Waals surface area contributed by atoms with Crippen LogP contribution in [-0.2, 0) is 0 Å². The zero-order valence-electron chi connectivity index (χ0n) is 14.4. The highest BCUT2D eigenvalue weighted by Gasteiger charge is 2.23. The Morgan fingerprint density at radius 1 is 1.11 bits per heavy atom. The summed E-state index contributed by atoms with van der Waals surface area (Å²) in [4.78, 5) is 37.5. The molecule has 1 heterocycles. The van der Waals surface area contributed by atoms with Gasteiger partial charge in [0.15, 0.2) is 0 Å². The molecule has 1 amide bonds. The summed E-state index contributed by atoms with van der Waals surface area (Å²) in [5, 5.41) is 16.5. The average Bonchev–Trinajstić information content (AvgIpc) is 3.08. The zero-order chi connectivity index (χ0) is 19.6. The Labute approximate surface area is 152 Å². The molecule has 0 bridgehead atoms. The van der Waals surface area contributed by atoms with Crippen LogP contribution in [0.2, 0.25) is 0 Å². The molecule has 10 nitrogen and oxygen atoms in total. The van der Waals surface area contributed by atoms with Crippen molar-refractivity contribution in [3.8, 4) is 11.4 Å². The van der Waals surface area contributed by atoms with Gasteiger partial charge in [-0.15, -0.1) is 4.68 Å². The van der Waals surface area contributed by atoms with E-state index in [1.807, 2.05) is 0 Å². The van der Waals surface area contributed by atoms with Crippen molar-refractivity contribution in [3.63, 3.8) is 0 Å². The van der Waals surface area contributed by atoms with E-state index in [0.29, 0.717) is 10.4 Å². The molecule has 3 aromatic rings. The number of aromatic nitrogens is 4. The van der Waals surface area contributed by atoms with Gasteiger partial charge in [0.05, 0.1) is 24.0 Å². The van der Waals surface area contributed by atoms with Gasteiger partial charge in [-0.3, -0.25) is 4.90 Å². The van der Waals surface area contributed by atoms with Gasteiger partial charge in [0.25, 0.3) is 0 Å². The molecule has 27 heavy (non-hydrogen) atoms. The second kappa shape index (κ2) is 7.12. The van der Waals surface area contributed by atoms with Gasteiger partial charge in [0.1, 0.15) is 5.75 Å². The molecule has 2 aromatic carbocycles. The maximum atomic E-state index is 12.7. The predicted octanol–water partition coefficient (Wildman–Crippen LogP) is 1.24. The second-order valence-corrected chi connectivity index (χ2v) is 5.45.